The fourth-order valence-electron chi connectivity index (χ4n) is 1.12. The molecule has 0 aromatic heterocycles. The first-order valence-corrected chi connectivity index (χ1v) is 6.87. The summed E-state index contributed by atoms with van der Waals surface area (Å²) in [4.78, 5) is 0. The first kappa shape index (κ1) is 12.9. The van der Waals surface area contributed by atoms with Gasteiger partial charge < -0.3 is 5.11 Å². The lowest BCUT2D eigenvalue weighted by molar-refractivity contribution is 0.157. The van der Waals surface area contributed by atoms with E-state index in [1.807, 2.05) is 0 Å². The van der Waals surface area contributed by atoms with E-state index in [9.17, 15) is 13.5 Å². The minimum absolute atomic E-state index is 0.0975. The highest BCUT2D eigenvalue weighted by Crippen LogP contribution is 2.07. The second kappa shape index (κ2) is 6.38. The fourth-order valence-corrected chi connectivity index (χ4v) is 1.82. The van der Waals surface area contributed by atoms with Gasteiger partial charge in [-0.15, -0.1) is 0 Å². The molecule has 0 aliphatic rings. The van der Waals surface area contributed by atoms with Gasteiger partial charge in [-0.1, -0.05) is 26.2 Å². The second-order valence-corrected chi connectivity index (χ2v) is 5.83. The van der Waals surface area contributed by atoms with Crippen LogP contribution in [-0.2, 0) is 9.84 Å². The summed E-state index contributed by atoms with van der Waals surface area (Å²) >= 11 is 0. The van der Waals surface area contributed by atoms with E-state index in [0.29, 0.717) is 6.42 Å². The molecule has 3 nitrogen and oxygen atoms in total. The first-order chi connectivity index (χ1) is 5.95. The van der Waals surface area contributed by atoms with Crippen LogP contribution in [0.1, 0.15) is 39.0 Å². The van der Waals surface area contributed by atoms with Gasteiger partial charge in [0.15, 0.2) is 0 Å². The Morgan fingerprint density at radius 1 is 1.23 bits per heavy atom. The van der Waals surface area contributed by atoms with Crippen LogP contribution in [0.4, 0.5) is 0 Å². The van der Waals surface area contributed by atoms with Gasteiger partial charge in [0.2, 0.25) is 0 Å². The van der Waals surface area contributed by atoms with Crippen LogP contribution in [0.3, 0.4) is 0 Å². The lowest BCUT2D eigenvalue weighted by Gasteiger charge is -2.08. The van der Waals surface area contributed by atoms with Crippen molar-refractivity contribution in [2.75, 3.05) is 12.0 Å². The van der Waals surface area contributed by atoms with Gasteiger partial charge in [0, 0.05) is 6.26 Å². The third kappa shape index (κ3) is 9.83. The van der Waals surface area contributed by atoms with Gasteiger partial charge in [-0.25, -0.2) is 8.42 Å². The van der Waals surface area contributed by atoms with Crippen LogP contribution in [0.2, 0.25) is 0 Å². The highest BCUT2D eigenvalue weighted by molar-refractivity contribution is 7.90. The number of unbranched alkanes of at least 4 members (excludes halogenated alkanes) is 2. The minimum Gasteiger partial charge on any atom is -0.393 e. The Morgan fingerprint density at radius 2 is 1.85 bits per heavy atom. The molecule has 1 N–H and O–H groups in total. The molecule has 0 heterocycles. The molecule has 0 saturated heterocycles. The van der Waals surface area contributed by atoms with E-state index in [4.69, 9.17) is 0 Å². The van der Waals surface area contributed by atoms with Crippen molar-refractivity contribution >= 4 is 9.84 Å². The van der Waals surface area contributed by atoms with Gasteiger partial charge in [0.1, 0.15) is 9.84 Å². The summed E-state index contributed by atoms with van der Waals surface area (Å²) in [7, 11) is -2.91. The standard InChI is InChI=1S/C9H20O3S/c1-3-4-5-6-9(10)7-8-13(2,11)12/h9-10H,3-8H2,1-2H3. The van der Waals surface area contributed by atoms with Gasteiger partial charge in [-0.2, -0.15) is 0 Å². The maximum Gasteiger partial charge on any atom is 0.147 e. The molecule has 80 valence electrons. The number of hydrogen-bond acceptors (Lipinski definition) is 3. The van der Waals surface area contributed by atoms with E-state index in [-0.39, 0.29) is 5.75 Å². The minimum atomic E-state index is -2.91. The third-order valence-corrected chi connectivity index (χ3v) is 2.94. The lowest BCUT2D eigenvalue weighted by atomic mass is 10.1. The first-order valence-electron chi connectivity index (χ1n) is 4.81. The molecule has 0 rings (SSSR count). The van der Waals surface area contributed by atoms with Gasteiger partial charge in [-0.05, 0) is 12.8 Å². The van der Waals surface area contributed by atoms with Crippen molar-refractivity contribution in [1.82, 2.24) is 0 Å². The quantitative estimate of drug-likeness (QED) is 0.643. The molecule has 0 spiro atoms. The van der Waals surface area contributed by atoms with E-state index >= 15 is 0 Å². The Hall–Kier alpha value is -0.0900. The molecule has 1 atom stereocenters. The molecule has 0 aromatic carbocycles. The van der Waals surface area contributed by atoms with Crippen LogP contribution in [0, 0.1) is 0 Å². The maximum atomic E-state index is 10.8. The van der Waals surface area contributed by atoms with Gasteiger partial charge >= 0.3 is 0 Å². The molecular formula is C9H20O3S. The Kier molecular flexibility index (Phi) is 6.33. The number of sulfone groups is 1. The average molecular weight is 208 g/mol. The molecule has 13 heavy (non-hydrogen) atoms. The molecule has 0 saturated carbocycles. The maximum absolute atomic E-state index is 10.8. The van der Waals surface area contributed by atoms with Crippen molar-refractivity contribution in [2.24, 2.45) is 0 Å². The molecule has 0 bridgehead atoms. The van der Waals surface area contributed by atoms with Crippen LogP contribution >= 0.6 is 0 Å². The van der Waals surface area contributed by atoms with E-state index in [0.717, 1.165) is 25.7 Å². The topological polar surface area (TPSA) is 54.4 Å². The number of aliphatic hydroxyl groups is 1. The zero-order chi connectivity index (χ0) is 10.3. The Labute approximate surface area is 81.1 Å². The van der Waals surface area contributed by atoms with E-state index in [1.54, 1.807) is 0 Å². The molecule has 0 radical (unpaired) electrons. The lowest BCUT2D eigenvalue weighted by Crippen LogP contribution is -2.13. The number of rotatable bonds is 7. The zero-order valence-electron chi connectivity index (χ0n) is 8.49. The van der Waals surface area contributed by atoms with Crippen LogP contribution in [0.15, 0.2) is 0 Å². The van der Waals surface area contributed by atoms with Crippen LogP contribution in [0.5, 0.6) is 0 Å². The monoisotopic (exact) mass is 208 g/mol. The van der Waals surface area contributed by atoms with Gasteiger partial charge in [0.05, 0.1) is 11.9 Å². The normalized spacial score (nSPS) is 14.4. The Balaban J connectivity index is 3.46. The molecule has 0 aliphatic heterocycles. The van der Waals surface area contributed by atoms with Crippen molar-refractivity contribution < 1.29 is 13.5 Å². The second-order valence-electron chi connectivity index (χ2n) is 3.57. The molecule has 1 unspecified atom stereocenters. The predicted molar refractivity (Wildman–Crippen MR) is 54.5 cm³/mol. The smallest absolute Gasteiger partial charge is 0.147 e. The molecule has 0 aliphatic carbocycles. The molecule has 0 fully saturated rings. The van der Waals surface area contributed by atoms with E-state index < -0.39 is 15.9 Å². The van der Waals surface area contributed by atoms with Crippen LogP contribution < -0.4 is 0 Å². The van der Waals surface area contributed by atoms with Crippen LogP contribution in [-0.4, -0.2) is 31.6 Å². The van der Waals surface area contributed by atoms with Gasteiger partial charge in [-0.3, -0.25) is 0 Å². The summed E-state index contributed by atoms with van der Waals surface area (Å²) in [6, 6.07) is 0. The summed E-state index contributed by atoms with van der Waals surface area (Å²) in [6.45, 7) is 2.10. The molecule has 0 amide bonds. The zero-order valence-corrected chi connectivity index (χ0v) is 9.31. The van der Waals surface area contributed by atoms with Crippen LogP contribution in [0.25, 0.3) is 0 Å². The largest absolute Gasteiger partial charge is 0.393 e. The van der Waals surface area contributed by atoms with Crippen molar-refractivity contribution in [3.05, 3.63) is 0 Å². The fraction of sp³-hybridized carbons (Fsp3) is 1.00. The summed E-state index contributed by atoms with van der Waals surface area (Å²) < 4.78 is 21.5. The number of hydrogen-bond donors (Lipinski definition) is 1. The van der Waals surface area contributed by atoms with Crippen molar-refractivity contribution in [1.29, 1.82) is 0 Å². The predicted octanol–water partition coefficient (Wildman–Crippen LogP) is 1.36. The average Bonchev–Trinajstić information content (AvgIpc) is 2.00. The summed E-state index contributed by atoms with van der Waals surface area (Å²) in [5.74, 6) is 0.0975. The molecular weight excluding hydrogens is 188 g/mol. The van der Waals surface area contributed by atoms with Crippen molar-refractivity contribution in [3.8, 4) is 0 Å². The summed E-state index contributed by atoms with van der Waals surface area (Å²) in [6.07, 6.45) is 5.08. The molecule has 4 heteroatoms. The SMILES string of the molecule is CCCCCC(O)CCS(C)(=O)=O. The van der Waals surface area contributed by atoms with E-state index in [1.165, 1.54) is 6.26 Å². The van der Waals surface area contributed by atoms with Crippen molar-refractivity contribution in [3.63, 3.8) is 0 Å². The summed E-state index contributed by atoms with van der Waals surface area (Å²) in [5.41, 5.74) is 0. The molecule has 0 aromatic rings. The van der Waals surface area contributed by atoms with Gasteiger partial charge in [0.25, 0.3) is 0 Å². The Bertz CT molecular complexity index is 209. The third-order valence-electron chi connectivity index (χ3n) is 1.96. The highest BCUT2D eigenvalue weighted by atomic mass is 32.2. The highest BCUT2D eigenvalue weighted by Gasteiger charge is 2.08. The van der Waals surface area contributed by atoms with Crippen molar-refractivity contribution in [2.45, 2.75) is 45.1 Å². The number of aliphatic hydroxyl groups excluding tert-OH is 1. The summed E-state index contributed by atoms with van der Waals surface area (Å²) in [5, 5.41) is 9.37. The van der Waals surface area contributed by atoms with E-state index in [2.05, 4.69) is 6.92 Å². The Morgan fingerprint density at radius 3 is 2.31 bits per heavy atom.